The van der Waals surface area contributed by atoms with Gasteiger partial charge in [-0.3, -0.25) is 0 Å². The molecular formula is C19H22ClFN2O. The minimum atomic E-state index is -0.984. The van der Waals surface area contributed by atoms with Crippen molar-refractivity contribution in [3.05, 3.63) is 77.1 Å². The van der Waals surface area contributed by atoms with E-state index in [1.807, 2.05) is 36.4 Å². The molecule has 0 bridgehead atoms. The molecule has 0 saturated heterocycles. The van der Waals surface area contributed by atoms with Crippen LogP contribution in [-0.4, -0.2) is 11.7 Å². The van der Waals surface area contributed by atoms with E-state index < -0.39 is 6.10 Å². The Bertz CT molecular complexity index is 706. The molecule has 0 spiro atoms. The van der Waals surface area contributed by atoms with Gasteiger partial charge in [0.1, 0.15) is 6.10 Å². The average Bonchev–Trinajstić information content (AvgIpc) is 2.62. The summed E-state index contributed by atoms with van der Waals surface area (Å²) in [6, 6.07) is 16.4. The maximum absolute atomic E-state index is 12.8. The topological polar surface area (TPSA) is 58.3 Å². The van der Waals surface area contributed by atoms with Crippen molar-refractivity contribution < 1.29 is 9.50 Å². The van der Waals surface area contributed by atoms with E-state index in [4.69, 9.17) is 5.73 Å². The maximum atomic E-state index is 12.8. The van der Waals surface area contributed by atoms with E-state index in [-0.39, 0.29) is 24.5 Å². The van der Waals surface area contributed by atoms with Gasteiger partial charge in [-0.2, -0.15) is 0 Å². The van der Waals surface area contributed by atoms with E-state index >= 15 is 0 Å². The molecule has 2 atom stereocenters. The highest BCUT2D eigenvalue weighted by molar-refractivity contribution is 5.85. The molecule has 0 aromatic heterocycles. The van der Waals surface area contributed by atoms with Gasteiger partial charge in [0.2, 0.25) is 0 Å². The molecule has 128 valence electrons. The van der Waals surface area contributed by atoms with Gasteiger partial charge in [0.25, 0.3) is 0 Å². The summed E-state index contributed by atoms with van der Waals surface area (Å²) in [5, 5.41) is 13.7. The smallest absolute Gasteiger partial charge is 0.104 e. The lowest BCUT2D eigenvalue weighted by Crippen LogP contribution is -2.18. The number of nitrogens with two attached hydrogens (primary N) is 1. The van der Waals surface area contributed by atoms with E-state index in [0.29, 0.717) is 17.9 Å². The third-order valence-electron chi connectivity index (χ3n) is 4.41. The fourth-order valence-corrected chi connectivity index (χ4v) is 3.06. The molecule has 3 rings (SSSR count). The van der Waals surface area contributed by atoms with Crippen LogP contribution in [0, 0.1) is 0 Å². The molecule has 0 aliphatic carbocycles. The number of hydrogen-bond donors (Lipinski definition) is 3. The second-order valence-electron chi connectivity index (χ2n) is 5.85. The van der Waals surface area contributed by atoms with Gasteiger partial charge in [0.05, 0.1) is 12.4 Å². The van der Waals surface area contributed by atoms with Crippen LogP contribution >= 0.6 is 12.4 Å². The molecule has 5 heteroatoms. The molecule has 1 aliphatic heterocycles. The predicted octanol–water partition coefficient (Wildman–Crippen LogP) is 4.05. The van der Waals surface area contributed by atoms with Crippen LogP contribution in [0.15, 0.2) is 60.4 Å². The predicted molar refractivity (Wildman–Crippen MR) is 98.0 cm³/mol. The molecular weight excluding hydrogens is 327 g/mol. The number of aliphatic hydroxyl groups excluding tert-OH is 1. The van der Waals surface area contributed by atoms with Gasteiger partial charge in [-0.05, 0) is 35.6 Å². The van der Waals surface area contributed by atoms with Gasteiger partial charge >= 0.3 is 0 Å². The highest BCUT2D eigenvalue weighted by Crippen LogP contribution is 2.34. The van der Waals surface area contributed by atoms with Gasteiger partial charge in [0, 0.05) is 17.8 Å². The van der Waals surface area contributed by atoms with Crippen molar-refractivity contribution >= 4 is 18.1 Å². The Morgan fingerprint density at radius 3 is 2.71 bits per heavy atom. The Kier molecular flexibility index (Phi) is 6.37. The summed E-state index contributed by atoms with van der Waals surface area (Å²) in [6.07, 6.45) is 1.31. The van der Waals surface area contributed by atoms with Crippen molar-refractivity contribution in [1.82, 2.24) is 0 Å². The van der Waals surface area contributed by atoms with Crippen molar-refractivity contribution in [3.63, 3.8) is 0 Å². The molecule has 1 heterocycles. The lowest BCUT2D eigenvalue weighted by Gasteiger charge is -2.28. The van der Waals surface area contributed by atoms with Crippen LogP contribution in [0.1, 0.15) is 35.3 Å². The van der Waals surface area contributed by atoms with E-state index in [1.165, 1.54) is 5.56 Å². The first-order valence-electron chi connectivity index (χ1n) is 7.84. The molecule has 2 unspecified atom stereocenters. The van der Waals surface area contributed by atoms with Crippen molar-refractivity contribution in [2.75, 3.05) is 11.9 Å². The van der Waals surface area contributed by atoms with E-state index in [0.717, 1.165) is 24.1 Å². The molecule has 0 radical (unpaired) electrons. The van der Waals surface area contributed by atoms with Gasteiger partial charge in [-0.15, -0.1) is 12.4 Å². The van der Waals surface area contributed by atoms with Gasteiger partial charge in [-0.1, -0.05) is 42.5 Å². The highest BCUT2D eigenvalue weighted by Gasteiger charge is 2.21. The van der Waals surface area contributed by atoms with Crippen molar-refractivity contribution in [3.8, 4) is 0 Å². The lowest BCUT2D eigenvalue weighted by molar-refractivity contribution is 0.212. The number of anilines is 1. The third-order valence-corrected chi connectivity index (χ3v) is 4.41. The fourth-order valence-electron chi connectivity index (χ4n) is 3.06. The van der Waals surface area contributed by atoms with Crippen LogP contribution in [0.5, 0.6) is 0 Å². The molecule has 4 N–H and O–H groups in total. The Morgan fingerprint density at radius 1 is 1.29 bits per heavy atom. The van der Waals surface area contributed by atoms with Crippen LogP contribution in [0.4, 0.5) is 10.1 Å². The van der Waals surface area contributed by atoms with E-state index in [9.17, 15) is 9.50 Å². The molecule has 3 nitrogen and oxygen atoms in total. The second-order valence-corrected chi connectivity index (χ2v) is 5.85. The van der Waals surface area contributed by atoms with Crippen molar-refractivity contribution in [2.45, 2.75) is 25.0 Å². The summed E-state index contributed by atoms with van der Waals surface area (Å²) in [5.74, 6) is 0. The first-order chi connectivity index (χ1) is 11.2. The SMILES string of the molecule is Cl.NC/C(=C\F)C(O)c1ccc2c(c1)CCC(c1ccccc1)N2. The van der Waals surface area contributed by atoms with E-state index in [1.54, 1.807) is 0 Å². The van der Waals surface area contributed by atoms with Gasteiger partial charge in [-0.25, -0.2) is 4.39 Å². The standard InChI is InChI=1S/C19H21FN2O.ClH/c20-11-16(12-21)19(23)15-7-9-18-14(10-15)6-8-17(22-18)13-4-2-1-3-5-13;/h1-5,7,9-11,17,19,22-23H,6,8,12,21H2;1H/b16-11+;. The normalized spacial score (nSPS) is 18.1. The second kappa shape index (κ2) is 8.29. The summed E-state index contributed by atoms with van der Waals surface area (Å²) in [7, 11) is 0. The van der Waals surface area contributed by atoms with Gasteiger partial charge < -0.3 is 16.2 Å². The quantitative estimate of drug-likeness (QED) is 0.781. The zero-order valence-electron chi connectivity index (χ0n) is 13.3. The largest absolute Gasteiger partial charge is 0.384 e. The number of aliphatic hydroxyl groups is 1. The minimum absolute atomic E-state index is 0. The summed E-state index contributed by atoms with van der Waals surface area (Å²) in [4.78, 5) is 0. The van der Waals surface area contributed by atoms with Crippen molar-refractivity contribution in [2.24, 2.45) is 5.73 Å². The molecule has 2 aromatic rings. The van der Waals surface area contributed by atoms with Crippen LogP contribution in [0.3, 0.4) is 0 Å². The number of hydrogen-bond acceptors (Lipinski definition) is 3. The Morgan fingerprint density at radius 2 is 2.04 bits per heavy atom. The minimum Gasteiger partial charge on any atom is -0.384 e. The summed E-state index contributed by atoms with van der Waals surface area (Å²) in [6.45, 7) is 0.00306. The maximum Gasteiger partial charge on any atom is 0.104 e. The van der Waals surface area contributed by atoms with Gasteiger partial charge in [0.15, 0.2) is 0 Å². The van der Waals surface area contributed by atoms with Crippen LogP contribution in [0.25, 0.3) is 0 Å². The van der Waals surface area contributed by atoms with E-state index in [2.05, 4.69) is 17.4 Å². The number of rotatable bonds is 4. The lowest BCUT2D eigenvalue weighted by atomic mass is 9.91. The monoisotopic (exact) mass is 348 g/mol. The zero-order chi connectivity index (χ0) is 16.2. The van der Waals surface area contributed by atoms with Crippen molar-refractivity contribution in [1.29, 1.82) is 0 Å². The fraction of sp³-hybridized carbons (Fsp3) is 0.263. The van der Waals surface area contributed by atoms with Crippen LogP contribution in [0.2, 0.25) is 0 Å². The summed E-state index contributed by atoms with van der Waals surface area (Å²) in [5.41, 5.74) is 9.81. The Balaban J connectivity index is 0.00000208. The number of aryl methyl sites for hydroxylation is 1. The van der Waals surface area contributed by atoms with Crippen LogP contribution < -0.4 is 11.1 Å². The molecule has 1 aliphatic rings. The molecule has 0 fully saturated rings. The summed E-state index contributed by atoms with van der Waals surface area (Å²) < 4.78 is 12.8. The first kappa shape index (κ1) is 18.5. The zero-order valence-corrected chi connectivity index (χ0v) is 14.1. The first-order valence-corrected chi connectivity index (χ1v) is 7.84. The third kappa shape index (κ3) is 3.78. The molecule has 0 saturated carbocycles. The number of halogens is 2. The highest BCUT2D eigenvalue weighted by atomic mass is 35.5. The Labute approximate surface area is 147 Å². The van der Waals surface area contributed by atoms with Crippen LogP contribution in [-0.2, 0) is 6.42 Å². The molecule has 24 heavy (non-hydrogen) atoms. The number of nitrogens with one attached hydrogen (secondary N) is 1. The summed E-state index contributed by atoms with van der Waals surface area (Å²) >= 11 is 0. The molecule has 2 aromatic carbocycles. The Hall–Kier alpha value is -1.88. The number of benzene rings is 2. The average molecular weight is 349 g/mol. The molecule has 0 amide bonds. The number of fused-ring (bicyclic) bond motifs is 1.